The third kappa shape index (κ3) is 2.00. The molecule has 112 valence electrons. The highest BCUT2D eigenvalue weighted by Crippen LogP contribution is 2.48. The average molecular weight is 354 g/mol. The minimum atomic E-state index is -1.00. The third-order valence-electron chi connectivity index (χ3n) is 4.21. The predicted octanol–water partition coefficient (Wildman–Crippen LogP) is 2.61. The number of esters is 1. The molecule has 1 aromatic carbocycles. The molecule has 0 saturated heterocycles. The number of amides is 1. The average Bonchev–Trinajstić information content (AvgIpc) is 3.28. The lowest BCUT2D eigenvalue weighted by molar-refractivity contribution is -0.137. The Morgan fingerprint density at radius 1 is 1.38 bits per heavy atom. The van der Waals surface area contributed by atoms with Crippen molar-refractivity contribution in [2.75, 3.05) is 19.1 Å². The van der Waals surface area contributed by atoms with Gasteiger partial charge in [-0.05, 0) is 47.8 Å². The number of nitrogens with zero attached hydrogens (tertiary/aromatic N) is 1. The van der Waals surface area contributed by atoms with E-state index < -0.39 is 11.6 Å². The maximum atomic E-state index is 12.7. The molecule has 1 aromatic rings. The zero-order chi connectivity index (χ0) is 15.4. The first kappa shape index (κ1) is 14.5. The second-order valence-electron chi connectivity index (χ2n) is 5.48. The van der Waals surface area contributed by atoms with Crippen LogP contribution in [0.25, 0.3) is 0 Å². The molecule has 21 heavy (non-hydrogen) atoms. The van der Waals surface area contributed by atoms with Crippen molar-refractivity contribution in [1.82, 2.24) is 0 Å². The van der Waals surface area contributed by atoms with Crippen LogP contribution in [0, 0.1) is 0 Å². The number of halogens is 1. The van der Waals surface area contributed by atoms with E-state index in [2.05, 4.69) is 15.9 Å². The number of fused-ring (bicyclic) bond motifs is 1. The first-order chi connectivity index (χ1) is 9.93. The van der Waals surface area contributed by atoms with Crippen molar-refractivity contribution >= 4 is 33.5 Å². The second kappa shape index (κ2) is 4.81. The first-order valence-electron chi connectivity index (χ1n) is 6.75. The van der Waals surface area contributed by atoms with E-state index in [1.54, 1.807) is 24.0 Å². The number of ether oxygens (including phenoxy) is 2. The number of anilines is 1. The van der Waals surface area contributed by atoms with Crippen LogP contribution in [-0.2, 0) is 19.9 Å². The molecule has 2 aliphatic rings. The van der Waals surface area contributed by atoms with Gasteiger partial charge in [-0.25, -0.2) is 4.79 Å². The molecule has 0 radical (unpaired) electrons. The van der Waals surface area contributed by atoms with Crippen molar-refractivity contribution in [3.8, 4) is 0 Å². The van der Waals surface area contributed by atoms with Crippen LogP contribution >= 0.6 is 15.9 Å². The Bertz CT molecular complexity index is 641. The standard InChI is InChI=1S/C15H16BrNO4/c1-15(21-3)10-7-11(16)9(13(18)20-2)6-12(10)17(14(15)19)8-4-5-8/h6-8H,4-5H2,1-3H3. The Morgan fingerprint density at radius 2 is 2.05 bits per heavy atom. The molecule has 1 saturated carbocycles. The van der Waals surface area contributed by atoms with E-state index in [1.807, 2.05) is 0 Å². The molecule has 1 atom stereocenters. The highest BCUT2D eigenvalue weighted by atomic mass is 79.9. The summed E-state index contributed by atoms with van der Waals surface area (Å²) in [6, 6.07) is 3.71. The molecule has 1 fully saturated rings. The van der Waals surface area contributed by atoms with E-state index in [0.717, 1.165) is 24.1 Å². The van der Waals surface area contributed by atoms with Crippen molar-refractivity contribution in [1.29, 1.82) is 0 Å². The number of hydrogen-bond donors (Lipinski definition) is 0. The lowest BCUT2D eigenvalue weighted by Gasteiger charge is -2.22. The van der Waals surface area contributed by atoms with Gasteiger partial charge in [0, 0.05) is 23.2 Å². The Kier molecular flexibility index (Phi) is 3.33. The monoisotopic (exact) mass is 353 g/mol. The SMILES string of the molecule is COC(=O)c1cc2c(cc1Br)C(C)(OC)C(=O)N2C1CC1. The summed E-state index contributed by atoms with van der Waals surface area (Å²) in [6.07, 6.45) is 1.96. The Hall–Kier alpha value is -1.40. The molecule has 1 aliphatic carbocycles. The predicted molar refractivity (Wildman–Crippen MR) is 80.4 cm³/mol. The zero-order valence-electron chi connectivity index (χ0n) is 12.1. The molecule has 1 unspecified atom stereocenters. The molecular formula is C15H16BrNO4. The fraction of sp³-hybridized carbons (Fsp3) is 0.467. The van der Waals surface area contributed by atoms with E-state index in [-0.39, 0.29) is 11.9 Å². The van der Waals surface area contributed by atoms with Gasteiger partial charge in [0.05, 0.1) is 18.4 Å². The van der Waals surface area contributed by atoms with Crippen LogP contribution in [-0.4, -0.2) is 32.1 Å². The lowest BCUT2D eigenvalue weighted by atomic mass is 9.96. The number of methoxy groups -OCH3 is 2. The van der Waals surface area contributed by atoms with Crippen molar-refractivity contribution < 1.29 is 19.1 Å². The van der Waals surface area contributed by atoms with Gasteiger partial charge in [0.1, 0.15) is 0 Å². The van der Waals surface area contributed by atoms with Gasteiger partial charge in [0.2, 0.25) is 0 Å². The van der Waals surface area contributed by atoms with Crippen LogP contribution in [0.5, 0.6) is 0 Å². The van der Waals surface area contributed by atoms with Gasteiger partial charge in [0.25, 0.3) is 5.91 Å². The Balaban J connectivity index is 2.20. The summed E-state index contributed by atoms with van der Waals surface area (Å²) in [6.45, 7) is 1.76. The van der Waals surface area contributed by atoms with Crippen molar-refractivity contribution in [3.63, 3.8) is 0 Å². The summed E-state index contributed by atoms with van der Waals surface area (Å²) in [5, 5.41) is 0. The summed E-state index contributed by atoms with van der Waals surface area (Å²) >= 11 is 3.38. The number of hydrogen-bond acceptors (Lipinski definition) is 4. The second-order valence-corrected chi connectivity index (χ2v) is 6.34. The number of benzene rings is 1. The molecule has 6 heteroatoms. The van der Waals surface area contributed by atoms with Gasteiger partial charge in [-0.1, -0.05) is 0 Å². The van der Waals surface area contributed by atoms with E-state index >= 15 is 0 Å². The van der Waals surface area contributed by atoms with Gasteiger partial charge in [-0.15, -0.1) is 0 Å². The summed E-state index contributed by atoms with van der Waals surface area (Å²) in [4.78, 5) is 26.3. The van der Waals surface area contributed by atoms with E-state index in [9.17, 15) is 9.59 Å². The molecule has 1 amide bonds. The van der Waals surface area contributed by atoms with Crippen molar-refractivity contribution in [2.24, 2.45) is 0 Å². The van der Waals surface area contributed by atoms with Crippen LogP contribution in [0.4, 0.5) is 5.69 Å². The third-order valence-corrected chi connectivity index (χ3v) is 4.87. The van der Waals surface area contributed by atoms with Crippen molar-refractivity contribution in [3.05, 3.63) is 27.7 Å². The molecule has 0 N–H and O–H groups in total. The molecule has 0 aromatic heterocycles. The van der Waals surface area contributed by atoms with E-state index in [0.29, 0.717) is 10.0 Å². The van der Waals surface area contributed by atoms with Crippen LogP contribution in [0.1, 0.15) is 35.7 Å². The van der Waals surface area contributed by atoms with E-state index in [1.165, 1.54) is 14.2 Å². The zero-order valence-corrected chi connectivity index (χ0v) is 13.7. The van der Waals surface area contributed by atoms with Gasteiger partial charge < -0.3 is 14.4 Å². The molecule has 3 rings (SSSR count). The van der Waals surface area contributed by atoms with Gasteiger partial charge in [-0.3, -0.25) is 4.79 Å². The topological polar surface area (TPSA) is 55.8 Å². The van der Waals surface area contributed by atoms with Gasteiger partial charge in [-0.2, -0.15) is 0 Å². The summed E-state index contributed by atoms with van der Waals surface area (Å²) < 4.78 is 10.9. The highest BCUT2D eigenvalue weighted by Gasteiger charge is 2.52. The fourth-order valence-corrected chi connectivity index (χ4v) is 3.26. The fourth-order valence-electron chi connectivity index (χ4n) is 2.76. The molecule has 1 heterocycles. The number of carbonyl (C=O) groups excluding carboxylic acids is 2. The number of carbonyl (C=O) groups is 2. The normalized spacial score (nSPS) is 24.2. The smallest absolute Gasteiger partial charge is 0.339 e. The minimum Gasteiger partial charge on any atom is -0.465 e. The van der Waals surface area contributed by atoms with Crippen LogP contribution < -0.4 is 4.90 Å². The lowest BCUT2D eigenvalue weighted by Crippen LogP contribution is -2.40. The molecule has 0 bridgehead atoms. The number of rotatable bonds is 3. The van der Waals surface area contributed by atoms with Crippen LogP contribution in [0.3, 0.4) is 0 Å². The van der Waals surface area contributed by atoms with Gasteiger partial charge >= 0.3 is 5.97 Å². The first-order valence-corrected chi connectivity index (χ1v) is 7.54. The van der Waals surface area contributed by atoms with E-state index in [4.69, 9.17) is 9.47 Å². The van der Waals surface area contributed by atoms with Crippen LogP contribution in [0.2, 0.25) is 0 Å². The molecule has 5 nitrogen and oxygen atoms in total. The molecular weight excluding hydrogens is 338 g/mol. The largest absolute Gasteiger partial charge is 0.465 e. The van der Waals surface area contributed by atoms with Crippen LogP contribution in [0.15, 0.2) is 16.6 Å². The maximum absolute atomic E-state index is 12.7. The Labute approximate surface area is 131 Å². The van der Waals surface area contributed by atoms with Crippen molar-refractivity contribution in [2.45, 2.75) is 31.4 Å². The highest BCUT2D eigenvalue weighted by molar-refractivity contribution is 9.10. The van der Waals surface area contributed by atoms with Gasteiger partial charge in [0.15, 0.2) is 5.60 Å². The summed E-state index contributed by atoms with van der Waals surface area (Å²) in [7, 11) is 2.87. The maximum Gasteiger partial charge on any atom is 0.339 e. The minimum absolute atomic E-state index is 0.0728. The Morgan fingerprint density at radius 3 is 2.57 bits per heavy atom. The quantitative estimate of drug-likeness (QED) is 0.783. The summed E-state index contributed by atoms with van der Waals surface area (Å²) in [5.41, 5.74) is 0.932. The summed E-state index contributed by atoms with van der Waals surface area (Å²) in [5.74, 6) is -0.504. The molecule has 0 spiro atoms. The molecule has 1 aliphatic heterocycles.